The molecule has 0 saturated heterocycles. The van der Waals surface area contributed by atoms with E-state index in [4.69, 9.17) is 5.26 Å². The number of Topliss-reactive ketones (excluding diaryl/α,β-unsaturated/α-hetero) is 1. The van der Waals surface area contributed by atoms with Gasteiger partial charge in [0.1, 0.15) is 5.92 Å². The Bertz CT molecular complexity index is 690. The number of hydrogen-bond acceptors (Lipinski definition) is 3. The van der Waals surface area contributed by atoms with Crippen LogP contribution in [0.1, 0.15) is 11.5 Å². The van der Waals surface area contributed by atoms with Crippen LogP contribution in [0.25, 0.3) is 0 Å². The Kier molecular flexibility index (Phi) is 4.88. The summed E-state index contributed by atoms with van der Waals surface area (Å²) in [5.74, 6) is -3.87. The average Bonchev–Trinajstić information content (AvgIpc) is 2.50. The Morgan fingerprint density at radius 3 is 2.05 bits per heavy atom. The maximum atomic E-state index is 12.4. The number of hydrogen-bond donors (Lipinski definition) is 0. The summed E-state index contributed by atoms with van der Waals surface area (Å²) in [5, 5.41) is 8.84. The van der Waals surface area contributed by atoms with E-state index in [0.717, 1.165) is 9.79 Å². The van der Waals surface area contributed by atoms with Crippen LogP contribution in [0.5, 0.6) is 0 Å². The van der Waals surface area contributed by atoms with E-state index in [-0.39, 0.29) is 5.56 Å². The molecule has 1 unspecified atom stereocenters. The van der Waals surface area contributed by atoms with Gasteiger partial charge >= 0.3 is 6.18 Å². The first-order valence-electron chi connectivity index (χ1n) is 6.25. The molecule has 2 aromatic carbocycles. The highest BCUT2D eigenvalue weighted by atomic mass is 32.2. The predicted molar refractivity (Wildman–Crippen MR) is 76.4 cm³/mol. The third kappa shape index (κ3) is 3.89. The monoisotopic (exact) mass is 321 g/mol. The van der Waals surface area contributed by atoms with Gasteiger partial charge in [0.2, 0.25) is 0 Å². The number of halogens is 3. The number of carbonyl (C=O) groups excluding carboxylic acids is 1. The van der Waals surface area contributed by atoms with E-state index in [1.54, 1.807) is 12.1 Å². The van der Waals surface area contributed by atoms with Gasteiger partial charge in [-0.3, -0.25) is 4.79 Å². The molecule has 0 aromatic heterocycles. The van der Waals surface area contributed by atoms with Gasteiger partial charge in [-0.25, -0.2) is 0 Å². The topological polar surface area (TPSA) is 40.9 Å². The van der Waals surface area contributed by atoms with E-state index in [1.807, 2.05) is 30.3 Å². The molecule has 0 aliphatic heterocycles. The van der Waals surface area contributed by atoms with E-state index in [9.17, 15) is 18.0 Å². The second-order valence-corrected chi connectivity index (χ2v) is 5.56. The van der Waals surface area contributed by atoms with Crippen LogP contribution >= 0.6 is 11.8 Å². The number of benzene rings is 2. The van der Waals surface area contributed by atoms with Crippen LogP contribution in [0.3, 0.4) is 0 Å². The first kappa shape index (κ1) is 16.1. The average molecular weight is 321 g/mol. The van der Waals surface area contributed by atoms with Crippen molar-refractivity contribution in [2.45, 2.75) is 21.9 Å². The normalized spacial score (nSPS) is 12.5. The minimum absolute atomic E-state index is 0.0437. The Labute approximate surface area is 129 Å². The molecule has 0 spiro atoms. The standard InChI is InChI=1S/C16H10F3NOS/c17-16(18,19)15(21)14(10-20)11-6-8-13(9-7-11)22-12-4-2-1-3-5-12/h1-9,14H. The SMILES string of the molecule is N#CC(C(=O)C(F)(F)F)c1ccc(Sc2ccccc2)cc1. The van der Waals surface area contributed by atoms with E-state index in [1.165, 1.54) is 30.0 Å². The van der Waals surface area contributed by atoms with Crippen LogP contribution in [0.4, 0.5) is 13.2 Å². The second kappa shape index (κ2) is 6.67. The Hall–Kier alpha value is -2.26. The molecule has 2 rings (SSSR count). The summed E-state index contributed by atoms with van der Waals surface area (Å²) in [5.41, 5.74) is 0.0437. The van der Waals surface area contributed by atoms with E-state index in [0.29, 0.717) is 0 Å². The fourth-order valence-electron chi connectivity index (χ4n) is 1.80. The fraction of sp³-hybridized carbons (Fsp3) is 0.125. The molecule has 0 fully saturated rings. The highest BCUT2D eigenvalue weighted by Gasteiger charge is 2.44. The molecule has 0 radical (unpaired) electrons. The van der Waals surface area contributed by atoms with Gasteiger partial charge in [-0.1, -0.05) is 42.1 Å². The third-order valence-corrected chi connectivity index (χ3v) is 3.88. The minimum Gasteiger partial charge on any atom is -0.288 e. The molecular weight excluding hydrogens is 311 g/mol. The summed E-state index contributed by atoms with van der Waals surface area (Å²) in [7, 11) is 0. The van der Waals surface area contributed by atoms with Crippen LogP contribution in [-0.4, -0.2) is 12.0 Å². The summed E-state index contributed by atoms with van der Waals surface area (Å²) in [4.78, 5) is 13.0. The molecule has 0 heterocycles. The number of alkyl halides is 3. The first-order chi connectivity index (χ1) is 10.4. The van der Waals surface area contributed by atoms with Crippen LogP contribution in [0, 0.1) is 11.3 Å². The van der Waals surface area contributed by atoms with Crippen molar-refractivity contribution in [3.05, 3.63) is 60.2 Å². The quantitative estimate of drug-likeness (QED) is 0.828. The van der Waals surface area contributed by atoms with Gasteiger partial charge in [0.25, 0.3) is 5.78 Å². The lowest BCUT2D eigenvalue weighted by Crippen LogP contribution is -2.28. The van der Waals surface area contributed by atoms with Gasteiger partial charge in [-0.05, 0) is 29.8 Å². The molecule has 2 aromatic rings. The van der Waals surface area contributed by atoms with Crippen molar-refractivity contribution < 1.29 is 18.0 Å². The lowest BCUT2D eigenvalue weighted by Gasteiger charge is -2.11. The molecule has 6 heteroatoms. The van der Waals surface area contributed by atoms with E-state index < -0.39 is 17.9 Å². The van der Waals surface area contributed by atoms with Gasteiger partial charge < -0.3 is 0 Å². The van der Waals surface area contributed by atoms with Gasteiger partial charge in [-0.2, -0.15) is 18.4 Å². The van der Waals surface area contributed by atoms with Crippen molar-refractivity contribution >= 4 is 17.5 Å². The Morgan fingerprint density at radius 1 is 1.00 bits per heavy atom. The number of carbonyl (C=O) groups is 1. The van der Waals surface area contributed by atoms with Crippen LogP contribution in [0.2, 0.25) is 0 Å². The number of nitrogens with zero attached hydrogens (tertiary/aromatic N) is 1. The number of nitriles is 1. The van der Waals surface area contributed by atoms with Crippen LogP contribution in [-0.2, 0) is 4.79 Å². The summed E-state index contributed by atoms with van der Waals surface area (Å²) >= 11 is 1.44. The molecule has 1 atom stereocenters. The van der Waals surface area contributed by atoms with Crippen molar-refractivity contribution in [3.8, 4) is 6.07 Å². The maximum Gasteiger partial charge on any atom is 0.451 e. The Morgan fingerprint density at radius 2 is 1.55 bits per heavy atom. The molecule has 0 saturated carbocycles. The number of ketones is 1. The summed E-state index contributed by atoms with van der Waals surface area (Å²) in [6.07, 6.45) is -5.02. The highest BCUT2D eigenvalue weighted by molar-refractivity contribution is 7.99. The minimum atomic E-state index is -5.02. The third-order valence-electron chi connectivity index (χ3n) is 2.86. The summed E-state index contributed by atoms with van der Waals surface area (Å²) < 4.78 is 37.3. The van der Waals surface area contributed by atoms with Crippen molar-refractivity contribution in [3.63, 3.8) is 0 Å². The summed E-state index contributed by atoms with van der Waals surface area (Å²) in [6.45, 7) is 0. The lowest BCUT2D eigenvalue weighted by molar-refractivity contribution is -0.171. The molecule has 2 nitrogen and oxygen atoms in total. The van der Waals surface area contributed by atoms with Crippen molar-refractivity contribution in [1.82, 2.24) is 0 Å². The van der Waals surface area contributed by atoms with Crippen LogP contribution < -0.4 is 0 Å². The molecular formula is C16H10F3NOS. The summed E-state index contributed by atoms with van der Waals surface area (Å²) in [6, 6.07) is 16.8. The number of rotatable bonds is 4. The van der Waals surface area contributed by atoms with Gasteiger partial charge in [0.15, 0.2) is 0 Å². The van der Waals surface area contributed by atoms with Crippen molar-refractivity contribution in [2.75, 3.05) is 0 Å². The zero-order valence-corrected chi connectivity index (χ0v) is 12.0. The second-order valence-electron chi connectivity index (χ2n) is 4.41. The van der Waals surface area contributed by atoms with Crippen molar-refractivity contribution in [2.24, 2.45) is 0 Å². The molecule has 22 heavy (non-hydrogen) atoms. The molecule has 0 aliphatic rings. The zero-order chi connectivity index (χ0) is 16.2. The van der Waals surface area contributed by atoms with Gasteiger partial charge in [0.05, 0.1) is 6.07 Å². The Balaban J connectivity index is 2.18. The molecule has 0 aliphatic carbocycles. The molecule has 112 valence electrons. The van der Waals surface area contributed by atoms with E-state index >= 15 is 0 Å². The predicted octanol–water partition coefficient (Wildman–Crippen LogP) is 4.58. The highest BCUT2D eigenvalue weighted by Crippen LogP contribution is 2.31. The van der Waals surface area contributed by atoms with E-state index in [2.05, 4.69) is 0 Å². The first-order valence-corrected chi connectivity index (χ1v) is 7.07. The van der Waals surface area contributed by atoms with Gasteiger partial charge in [-0.15, -0.1) is 0 Å². The van der Waals surface area contributed by atoms with Crippen LogP contribution in [0.15, 0.2) is 64.4 Å². The lowest BCUT2D eigenvalue weighted by atomic mass is 9.96. The van der Waals surface area contributed by atoms with Gasteiger partial charge in [0, 0.05) is 9.79 Å². The molecule has 0 amide bonds. The molecule has 0 N–H and O–H groups in total. The largest absolute Gasteiger partial charge is 0.451 e. The maximum absolute atomic E-state index is 12.4. The fourth-order valence-corrected chi connectivity index (χ4v) is 2.64. The zero-order valence-electron chi connectivity index (χ0n) is 11.2. The molecule has 0 bridgehead atoms. The smallest absolute Gasteiger partial charge is 0.288 e. The van der Waals surface area contributed by atoms with Crippen molar-refractivity contribution in [1.29, 1.82) is 5.26 Å².